The molecule has 1 atom stereocenters. The van der Waals surface area contributed by atoms with E-state index in [-0.39, 0.29) is 12.4 Å². The topological polar surface area (TPSA) is 32.7 Å². The van der Waals surface area contributed by atoms with E-state index in [4.69, 9.17) is 16.3 Å². The number of ether oxygens (including phenoxy) is 1. The lowest BCUT2D eigenvalue weighted by atomic mass is 9.94. The van der Waals surface area contributed by atoms with Gasteiger partial charge < -0.3 is 14.7 Å². The molecule has 1 aliphatic rings. The van der Waals surface area contributed by atoms with Crippen molar-refractivity contribution in [2.24, 2.45) is 0 Å². The molecule has 3 nitrogen and oxygen atoms in total. The van der Waals surface area contributed by atoms with E-state index in [1.165, 1.54) is 32.1 Å². The van der Waals surface area contributed by atoms with E-state index in [2.05, 4.69) is 11.9 Å². The van der Waals surface area contributed by atoms with Crippen molar-refractivity contribution in [3.8, 4) is 5.75 Å². The predicted octanol–water partition coefficient (Wildman–Crippen LogP) is 4.38. The first-order valence-electron chi connectivity index (χ1n) is 8.25. The monoisotopic (exact) mass is 361 g/mol. The summed E-state index contributed by atoms with van der Waals surface area (Å²) in [4.78, 5) is 2.28. The van der Waals surface area contributed by atoms with E-state index >= 15 is 0 Å². The standard InChI is InChI=1S/C18H28ClNO2.ClH/c1-13-9-17(10-14(2)18(13)19)22-12-16(21)11-20(3)15-7-5-4-6-8-15;/h9-10,15-16,21H,4-8,11-12H2,1-3H3;1H. The third-order valence-electron chi connectivity index (χ3n) is 4.55. The Balaban J connectivity index is 0.00000264. The highest BCUT2D eigenvalue weighted by Crippen LogP contribution is 2.26. The minimum absolute atomic E-state index is 0. The Hall–Kier alpha value is -0.480. The number of aliphatic hydroxyl groups excluding tert-OH is 1. The van der Waals surface area contributed by atoms with Crippen LogP contribution in [0.25, 0.3) is 0 Å². The minimum atomic E-state index is -0.469. The zero-order valence-corrected chi connectivity index (χ0v) is 15.9. The van der Waals surface area contributed by atoms with E-state index < -0.39 is 6.10 Å². The Labute approximate surface area is 151 Å². The molecule has 0 aromatic heterocycles. The van der Waals surface area contributed by atoms with Crippen LogP contribution in [0.4, 0.5) is 0 Å². The summed E-state index contributed by atoms with van der Waals surface area (Å²) in [6.45, 7) is 4.92. The van der Waals surface area contributed by atoms with Crippen molar-refractivity contribution >= 4 is 24.0 Å². The molecule has 5 heteroatoms. The summed E-state index contributed by atoms with van der Waals surface area (Å²) in [5.41, 5.74) is 2.01. The molecule has 0 radical (unpaired) electrons. The number of hydrogen-bond donors (Lipinski definition) is 1. The molecule has 0 aliphatic heterocycles. The summed E-state index contributed by atoms with van der Waals surface area (Å²) < 4.78 is 5.74. The fraction of sp³-hybridized carbons (Fsp3) is 0.667. The van der Waals surface area contributed by atoms with E-state index in [1.807, 2.05) is 26.0 Å². The summed E-state index contributed by atoms with van der Waals surface area (Å²) in [6, 6.07) is 4.46. The molecule has 1 N–H and O–H groups in total. The van der Waals surface area contributed by atoms with Crippen LogP contribution < -0.4 is 4.74 Å². The lowest BCUT2D eigenvalue weighted by Gasteiger charge is -2.32. The second kappa shape index (κ2) is 9.73. The van der Waals surface area contributed by atoms with Gasteiger partial charge in [0, 0.05) is 17.6 Å². The maximum atomic E-state index is 10.2. The van der Waals surface area contributed by atoms with Crippen molar-refractivity contribution in [1.29, 1.82) is 0 Å². The molecule has 132 valence electrons. The van der Waals surface area contributed by atoms with Gasteiger partial charge in [0.05, 0.1) is 0 Å². The summed E-state index contributed by atoms with van der Waals surface area (Å²) in [6.07, 6.45) is 6.00. The molecule has 1 saturated carbocycles. The molecule has 0 saturated heterocycles. The van der Waals surface area contributed by atoms with Crippen LogP contribution >= 0.6 is 24.0 Å². The Kier molecular flexibility index (Phi) is 8.70. The minimum Gasteiger partial charge on any atom is -0.491 e. The van der Waals surface area contributed by atoms with Gasteiger partial charge >= 0.3 is 0 Å². The Bertz CT molecular complexity index is 467. The Morgan fingerprint density at radius 3 is 2.35 bits per heavy atom. The second-order valence-corrected chi connectivity index (χ2v) is 6.95. The van der Waals surface area contributed by atoms with E-state index in [9.17, 15) is 5.11 Å². The van der Waals surface area contributed by atoms with Gasteiger partial charge in [-0.2, -0.15) is 0 Å². The van der Waals surface area contributed by atoms with Crippen LogP contribution in [-0.2, 0) is 0 Å². The molecule has 1 fully saturated rings. The van der Waals surface area contributed by atoms with Crippen LogP contribution in [0.3, 0.4) is 0 Å². The number of halogens is 2. The molecule has 23 heavy (non-hydrogen) atoms. The number of aliphatic hydroxyl groups is 1. The van der Waals surface area contributed by atoms with Crippen LogP contribution in [0.15, 0.2) is 12.1 Å². The lowest BCUT2D eigenvalue weighted by Crippen LogP contribution is -2.40. The van der Waals surface area contributed by atoms with Gasteiger partial charge in [-0.25, -0.2) is 0 Å². The summed E-state index contributed by atoms with van der Waals surface area (Å²) in [5, 5.41) is 11.0. The van der Waals surface area contributed by atoms with Gasteiger partial charge in [0.25, 0.3) is 0 Å². The van der Waals surface area contributed by atoms with E-state index in [0.29, 0.717) is 19.2 Å². The average Bonchev–Trinajstić information content (AvgIpc) is 2.51. The van der Waals surface area contributed by atoms with E-state index in [1.54, 1.807) is 0 Å². The first-order valence-corrected chi connectivity index (χ1v) is 8.63. The molecule has 1 unspecified atom stereocenters. The molecule has 0 bridgehead atoms. The number of hydrogen-bond acceptors (Lipinski definition) is 3. The van der Waals surface area contributed by atoms with Crippen molar-refractivity contribution in [1.82, 2.24) is 4.90 Å². The van der Waals surface area contributed by atoms with Crippen LogP contribution in [0, 0.1) is 13.8 Å². The number of likely N-dealkylation sites (N-methyl/N-ethyl adjacent to an activating group) is 1. The van der Waals surface area contributed by atoms with Gasteiger partial charge in [-0.1, -0.05) is 30.9 Å². The van der Waals surface area contributed by atoms with Gasteiger partial charge in [0.2, 0.25) is 0 Å². The van der Waals surface area contributed by atoms with Crippen molar-refractivity contribution in [2.45, 2.75) is 58.1 Å². The van der Waals surface area contributed by atoms with Crippen molar-refractivity contribution in [2.75, 3.05) is 20.2 Å². The maximum Gasteiger partial charge on any atom is 0.120 e. The fourth-order valence-corrected chi connectivity index (χ4v) is 3.35. The molecular weight excluding hydrogens is 333 g/mol. The predicted molar refractivity (Wildman–Crippen MR) is 99.2 cm³/mol. The number of benzene rings is 1. The normalized spacial score (nSPS) is 17.0. The highest BCUT2D eigenvalue weighted by atomic mass is 35.5. The van der Waals surface area contributed by atoms with Gasteiger partial charge in [-0.3, -0.25) is 0 Å². The van der Waals surface area contributed by atoms with Gasteiger partial charge in [0.1, 0.15) is 18.5 Å². The number of rotatable bonds is 6. The number of aryl methyl sites for hydroxylation is 2. The smallest absolute Gasteiger partial charge is 0.120 e. The summed E-state index contributed by atoms with van der Waals surface area (Å²) in [5.74, 6) is 0.777. The van der Waals surface area contributed by atoms with Crippen molar-refractivity contribution in [3.05, 3.63) is 28.3 Å². The Morgan fingerprint density at radius 2 is 1.78 bits per heavy atom. The second-order valence-electron chi connectivity index (χ2n) is 6.57. The van der Waals surface area contributed by atoms with Gasteiger partial charge in [0.15, 0.2) is 0 Å². The zero-order valence-electron chi connectivity index (χ0n) is 14.3. The first-order chi connectivity index (χ1) is 10.5. The van der Waals surface area contributed by atoms with Crippen molar-refractivity contribution in [3.63, 3.8) is 0 Å². The molecule has 1 aliphatic carbocycles. The number of nitrogens with zero attached hydrogens (tertiary/aromatic N) is 1. The van der Waals surface area contributed by atoms with E-state index in [0.717, 1.165) is 21.9 Å². The molecular formula is C18H29Cl2NO2. The quantitative estimate of drug-likeness (QED) is 0.815. The van der Waals surface area contributed by atoms with Crippen LogP contribution in [0.1, 0.15) is 43.2 Å². The first kappa shape index (κ1) is 20.6. The van der Waals surface area contributed by atoms with Crippen molar-refractivity contribution < 1.29 is 9.84 Å². The van der Waals surface area contributed by atoms with Crippen LogP contribution in [-0.4, -0.2) is 42.4 Å². The van der Waals surface area contributed by atoms with Crippen LogP contribution in [0.5, 0.6) is 5.75 Å². The summed E-state index contributed by atoms with van der Waals surface area (Å²) in [7, 11) is 2.11. The largest absolute Gasteiger partial charge is 0.491 e. The summed E-state index contributed by atoms with van der Waals surface area (Å²) >= 11 is 6.16. The molecule has 0 heterocycles. The van der Waals surface area contributed by atoms with Gasteiger partial charge in [-0.05, 0) is 57.0 Å². The molecule has 2 rings (SSSR count). The molecule has 1 aromatic carbocycles. The molecule has 1 aromatic rings. The molecule has 0 amide bonds. The maximum absolute atomic E-state index is 10.2. The molecule has 0 spiro atoms. The third-order valence-corrected chi connectivity index (χ3v) is 5.15. The fourth-order valence-electron chi connectivity index (χ4n) is 3.24. The SMILES string of the molecule is Cc1cc(OCC(O)CN(C)C2CCCCC2)cc(C)c1Cl.Cl. The zero-order chi connectivity index (χ0) is 16.1. The lowest BCUT2D eigenvalue weighted by molar-refractivity contribution is 0.0561. The van der Waals surface area contributed by atoms with Gasteiger partial charge in [-0.15, -0.1) is 12.4 Å². The Morgan fingerprint density at radius 1 is 1.22 bits per heavy atom. The highest BCUT2D eigenvalue weighted by molar-refractivity contribution is 6.32. The third kappa shape index (κ3) is 6.15. The average molecular weight is 362 g/mol. The highest BCUT2D eigenvalue weighted by Gasteiger charge is 2.20. The van der Waals surface area contributed by atoms with Crippen LogP contribution in [0.2, 0.25) is 5.02 Å².